The Morgan fingerprint density at radius 2 is 1.35 bits per heavy atom. The molecule has 0 atom stereocenters. The molecule has 3 rings (SSSR count). The zero-order chi connectivity index (χ0) is 16.4. The van der Waals surface area contributed by atoms with E-state index in [4.69, 9.17) is 9.47 Å². The van der Waals surface area contributed by atoms with Crippen LogP contribution in [0.3, 0.4) is 0 Å². The molecule has 0 bridgehead atoms. The van der Waals surface area contributed by atoms with E-state index in [1.807, 2.05) is 5.38 Å². The van der Waals surface area contributed by atoms with E-state index in [0.29, 0.717) is 28.2 Å². The van der Waals surface area contributed by atoms with Crippen molar-refractivity contribution in [3.63, 3.8) is 0 Å². The second-order valence-corrected chi connectivity index (χ2v) is 5.80. The number of ether oxygens (including phenoxy) is 2. The van der Waals surface area contributed by atoms with Gasteiger partial charge in [-0.05, 0) is 41.3 Å². The quantitative estimate of drug-likeness (QED) is 0.639. The molecule has 0 aliphatic carbocycles. The molecular formula is C18H14F2O2S. The molecule has 0 N–H and O–H groups in total. The fourth-order valence-electron chi connectivity index (χ4n) is 2.30. The lowest BCUT2D eigenvalue weighted by molar-refractivity contribution is 0.411. The molecule has 118 valence electrons. The van der Waals surface area contributed by atoms with Crippen molar-refractivity contribution in [1.29, 1.82) is 0 Å². The summed E-state index contributed by atoms with van der Waals surface area (Å²) in [5.41, 5.74) is 1.64. The van der Waals surface area contributed by atoms with Gasteiger partial charge in [-0.3, -0.25) is 0 Å². The highest BCUT2D eigenvalue weighted by Gasteiger charge is 2.13. The molecule has 1 aromatic heterocycles. The number of rotatable bonds is 4. The first-order valence-electron chi connectivity index (χ1n) is 6.88. The zero-order valence-corrected chi connectivity index (χ0v) is 13.4. The van der Waals surface area contributed by atoms with Crippen LogP contribution in [-0.4, -0.2) is 14.2 Å². The Morgan fingerprint density at radius 1 is 0.783 bits per heavy atom. The Balaban J connectivity index is 1.97. The van der Waals surface area contributed by atoms with Crippen LogP contribution in [0.25, 0.3) is 21.6 Å². The second kappa shape index (κ2) is 6.38. The molecule has 0 unspecified atom stereocenters. The van der Waals surface area contributed by atoms with Crippen LogP contribution in [0.1, 0.15) is 0 Å². The molecule has 1 heterocycles. The van der Waals surface area contributed by atoms with Crippen LogP contribution in [0, 0.1) is 11.6 Å². The van der Waals surface area contributed by atoms with Crippen LogP contribution in [0.5, 0.6) is 11.5 Å². The van der Waals surface area contributed by atoms with Crippen molar-refractivity contribution in [3.8, 4) is 33.1 Å². The van der Waals surface area contributed by atoms with E-state index in [0.717, 1.165) is 4.88 Å². The molecular weight excluding hydrogens is 318 g/mol. The van der Waals surface area contributed by atoms with Crippen LogP contribution in [-0.2, 0) is 0 Å². The van der Waals surface area contributed by atoms with Crippen molar-refractivity contribution in [2.75, 3.05) is 14.2 Å². The minimum atomic E-state index is -0.371. The minimum absolute atomic E-state index is 0.368. The molecule has 0 spiro atoms. The van der Waals surface area contributed by atoms with Crippen LogP contribution in [0.15, 0.2) is 47.8 Å². The van der Waals surface area contributed by atoms with Gasteiger partial charge in [0.15, 0.2) is 0 Å². The van der Waals surface area contributed by atoms with Gasteiger partial charge in [-0.2, -0.15) is 0 Å². The Morgan fingerprint density at radius 3 is 1.87 bits per heavy atom. The molecule has 0 aliphatic heterocycles. The first-order valence-corrected chi connectivity index (χ1v) is 7.76. The van der Waals surface area contributed by atoms with Gasteiger partial charge >= 0.3 is 0 Å². The number of hydrogen-bond donors (Lipinski definition) is 0. The van der Waals surface area contributed by atoms with E-state index >= 15 is 0 Å². The Hall–Kier alpha value is -2.40. The van der Waals surface area contributed by atoms with Crippen molar-refractivity contribution < 1.29 is 18.3 Å². The lowest BCUT2D eigenvalue weighted by Gasteiger charge is -2.04. The highest BCUT2D eigenvalue weighted by atomic mass is 32.1. The maximum Gasteiger partial charge on any atom is 0.135 e. The first-order chi connectivity index (χ1) is 11.1. The molecule has 2 nitrogen and oxygen atoms in total. The van der Waals surface area contributed by atoms with Gasteiger partial charge in [-0.15, -0.1) is 11.3 Å². The predicted octanol–water partition coefficient (Wildman–Crippen LogP) is 5.38. The summed E-state index contributed by atoms with van der Waals surface area (Å²) in [4.78, 5) is 0.732. The van der Waals surface area contributed by atoms with Crippen molar-refractivity contribution in [2.24, 2.45) is 0 Å². The standard InChI is InChI=1S/C18H14F2O2S/c1-21-12-3-5-14(16(19)8-12)11-7-18(23-10-11)15-6-4-13(22-2)9-17(15)20/h3-10H,1-2H3. The number of methoxy groups -OCH3 is 2. The number of thiophene rings is 1. The van der Waals surface area contributed by atoms with E-state index in [1.165, 1.54) is 37.7 Å². The summed E-state index contributed by atoms with van der Waals surface area (Å²) < 4.78 is 38.3. The van der Waals surface area contributed by atoms with Gasteiger partial charge in [0.2, 0.25) is 0 Å². The highest BCUT2D eigenvalue weighted by Crippen LogP contribution is 2.36. The third kappa shape index (κ3) is 3.05. The monoisotopic (exact) mass is 332 g/mol. The van der Waals surface area contributed by atoms with E-state index in [9.17, 15) is 8.78 Å². The molecule has 0 radical (unpaired) electrons. The SMILES string of the molecule is COc1ccc(-c2csc(-c3ccc(OC)cc3F)c2)c(F)c1. The van der Waals surface area contributed by atoms with Gasteiger partial charge in [0, 0.05) is 28.1 Å². The smallest absolute Gasteiger partial charge is 0.135 e. The maximum atomic E-state index is 14.1. The number of benzene rings is 2. The fourth-order valence-corrected chi connectivity index (χ4v) is 3.23. The summed E-state index contributed by atoms with van der Waals surface area (Å²) in [6.45, 7) is 0. The van der Waals surface area contributed by atoms with Crippen LogP contribution in [0.2, 0.25) is 0 Å². The highest BCUT2D eigenvalue weighted by molar-refractivity contribution is 7.14. The van der Waals surface area contributed by atoms with Crippen molar-refractivity contribution in [1.82, 2.24) is 0 Å². The molecule has 2 aromatic carbocycles. The van der Waals surface area contributed by atoms with E-state index in [1.54, 1.807) is 30.3 Å². The molecule has 0 amide bonds. The molecule has 0 fully saturated rings. The maximum absolute atomic E-state index is 14.1. The van der Waals surface area contributed by atoms with Crippen LogP contribution < -0.4 is 9.47 Å². The summed E-state index contributed by atoms with van der Waals surface area (Å²) in [7, 11) is 2.98. The van der Waals surface area contributed by atoms with Crippen LogP contribution in [0.4, 0.5) is 8.78 Å². The van der Waals surface area contributed by atoms with Crippen molar-refractivity contribution in [2.45, 2.75) is 0 Å². The van der Waals surface area contributed by atoms with Crippen molar-refractivity contribution in [3.05, 3.63) is 59.5 Å². The lowest BCUT2D eigenvalue weighted by Crippen LogP contribution is -1.87. The first kappa shape index (κ1) is 15.5. The molecule has 0 saturated carbocycles. The topological polar surface area (TPSA) is 18.5 Å². The van der Waals surface area contributed by atoms with Gasteiger partial charge in [0.1, 0.15) is 23.1 Å². The summed E-state index contributed by atoms with van der Waals surface area (Å²) in [5.74, 6) is 0.184. The average molecular weight is 332 g/mol. The van der Waals surface area contributed by atoms with Gasteiger partial charge in [0.05, 0.1) is 14.2 Å². The Kier molecular flexibility index (Phi) is 4.30. The third-order valence-corrected chi connectivity index (χ3v) is 4.49. The normalized spacial score (nSPS) is 10.6. The number of halogens is 2. The van der Waals surface area contributed by atoms with Crippen molar-refractivity contribution >= 4 is 11.3 Å². The summed E-state index contributed by atoms with van der Waals surface area (Å²) in [6.07, 6.45) is 0. The average Bonchev–Trinajstić information content (AvgIpc) is 3.03. The van der Waals surface area contributed by atoms with E-state index < -0.39 is 0 Å². The number of hydrogen-bond acceptors (Lipinski definition) is 3. The van der Waals surface area contributed by atoms with Gasteiger partial charge in [0.25, 0.3) is 0 Å². The molecule has 3 aromatic rings. The second-order valence-electron chi connectivity index (χ2n) is 4.89. The minimum Gasteiger partial charge on any atom is -0.497 e. The fraction of sp³-hybridized carbons (Fsp3) is 0.111. The predicted molar refractivity (Wildman–Crippen MR) is 88.2 cm³/mol. The summed E-state index contributed by atoms with van der Waals surface area (Å²) >= 11 is 1.37. The largest absolute Gasteiger partial charge is 0.497 e. The van der Waals surface area contributed by atoms with Crippen LogP contribution >= 0.6 is 11.3 Å². The lowest BCUT2D eigenvalue weighted by atomic mass is 10.1. The van der Waals surface area contributed by atoms with E-state index in [-0.39, 0.29) is 11.6 Å². The Labute approximate surface area is 136 Å². The third-order valence-electron chi connectivity index (χ3n) is 3.53. The molecule has 0 aliphatic rings. The zero-order valence-electron chi connectivity index (χ0n) is 12.6. The van der Waals surface area contributed by atoms with E-state index in [2.05, 4.69) is 0 Å². The summed E-state index contributed by atoms with van der Waals surface area (Å²) in [6, 6.07) is 11.2. The molecule has 0 saturated heterocycles. The van der Waals surface area contributed by atoms with Gasteiger partial charge in [-0.25, -0.2) is 8.78 Å². The Bertz CT molecular complexity index is 775. The molecule has 23 heavy (non-hydrogen) atoms. The van der Waals surface area contributed by atoms with Gasteiger partial charge in [-0.1, -0.05) is 0 Å². The summed E-state index contributed by atoms with van der Waals surface area (Å²) in [5, 5.41) is 1.81. The van der Waals surface area contributed by atoms with Gasteiger partial charge < -0.3 is 9.47 Å². The molecule has 5 heteroatoms.